The van der Waals surface area contributed by atoms with Gasteiger partial charge in [0.2, 0.25) is 0 Å². The summed E-state index contributed by atoms with van der Waals surface area (Å²) in [4.78, 5) is 3.56. The smallest absolute Gasteiger partial charge is 0.0545 e. The number of rotatable bonds is 7. The van der Waals surface area contributed by atoms with E-state index in [0.717, 1.165) is 40.9 Å². The first-order chi connectivity index (χ1) is 8.58. The second kappa shape index (κ2) is 8.05. The summed E-state index contributed by atoms with van der Waals surface area (Å²) in [6.07, 6.45) is 0. The van der Waals surface area contributed by atoms with Crippen molar-refractivity contribution < 1.29 is 0 Å². The summed E-state index contributed by atoms with van der Waals surface area (Å²) in [7, 11) is 0. The molecule has 0 aliphatic rings. The van der Waals surface area contributed by atoms with E-state index < -0.39 is 0 Å². The first kappa shape index (κ1) is 15.8. The van der Waals surface area contributed by atoms with E-state index in [1.54, 1.807) is 0 Å². The fourth-order valence-electron chi connectivity index (χ4n) is 1.74. The molecule has 1 rings (SSSR count). The molecule has 102 valence electrons. The lowest BCUT2D eigenvalue weighted by Gasteiger charge is -2.17. The molecule has 0 heterocycles. The molecule has 0 spiro atoms. The van der Waals surface area contributed by atoms with E-state index in [1.165, 1.54) is 0 Å². The van der Waals surface area contributed by atoms with E-state index in [4.69, 9.17) is 17.3 Å². The molecule has 0 amide bonds. The van der Waals surface area contributed by atoms with E-state index in [0.29, 0.717) is 0 Å². The molecule has 0 saturated carbocycles. The number of thioether (sulfide) groups is 1. The Hall–Kier alpha value is -0.220. The van der Waals surface area contributed by atoms with Gasteiger partial charge in [0.05, 0.1) is 5.02 Å². The largest absolute Gasteiger partial charge is 0.324 e. The van der Waals surface area contributed by atoms with Gasteiger partial charge in [-0.05, 0) is 37.7 Å². The molecule has 0 aromatic heterocycles. The maximum atomic E-state index is 6.27. The third-order valence-electron chi connectivity index (χ3n) is 3.04. The first-order valence-electron chi connectivity index (χ1n) is 6.48. The summed E-state index contributed by atoms with van der Waals surface area (Å²) >= 11 is 8.08. The second-order valence-electron chi connectivity index (χ2n) is 4.35. The van der Waals surface area contributed by atoms with Gasteiger partial charge in [0, 0.05) is 23.2 Å². The zero-order chi connectivity index (χ0) is 13.5. The summed E-state index contributed by atoms with van der Waals surface area (Å²) in [5, 5.41) is 0.814. The van der Waals surface area contributed by atoms with Gasteiger partial charge in [-0.1, -0.05) is 31.5 Å². The maximum absolute atomic E-state index is 6.27. The second-order valence-corrected chi connectivity index (χ2v) is 5.90. The van der Waals surface area contributed by atoms with Crippen LogP contribution in [0, 0.1) is 0 Å². The van der Waals surface area contributed by atoms with Crippen molar-refractivity contribution in [3.8, 4) is 0 Å². The van der Waals surface area contributed by atoms with Crippen LogP contribution in [0.15, 0.2) is 23.1 Å². The highest BCUT2D eigenvalue weighted by Gasteiger charge is 2.06. The van der Waals surface area contributed by atoms with Crippen molar-refractivity contribution in [3.63, 3.8) is 0 Å². The molecule has 0 bridgehead atoms. The molecule has 1 aromatic carbocycles. The molecule has 4 heteroatoms. The Morgan fingerprint density at radius 2 is 2.00 bits per heavy atom. The minimum Gasteiger partial charge on any atom is -0.324 e. The molecule has 0 aliphatic carbocycles. The fraction of sp³-hybridized carbons (Fsp3) is 0.571. The van der Waals surface area contributed by atoms with Crippen molar-refractivity contribution in [1.82, 2.24) is 4.90 Å². The molecular weight excluding hydrogens is 264 g/mol. The van der Waals surface area contributed by atoms with Gasteiger partial charge in [0.25, 0.3) is 0 Å². The van der Waals surface area contributed by atoms with Gasteiger partial charge in [-0.3, -0.25) is 0 Å². The van der Waals surface area contributed by atoms with Gasteiger partial charge in [-0.15, -0.1) is 11.8 Å². The number of hydrogen-bond acceptors (Lipinski definition) is 3. The van der Waals surface area contributed by atoms with Crippen molar-refractivity contribution in [1.29, 1.82) is 0 Å². The van der Waals surface area contributed by atoms with Crippen LogP contribution in [0.4, 0.5) is 0 Å². The van der Waals surface area contributed by atoms with Crippen LogP contribution in [0.2, 0.25) is 5.02 Å². The van der Waals surface area contributed by atoms with Crippen LogP contribution in [0.1, 0.15) is 32.4 Å². The molecule has 0 saturated heterocycles. The molecule has 2 N–H and O–H groups in total. The fourth-order valence-corrected chi connectivity index (χ4v) is 3.03. The molecular formula is C14H23ClN2S. The Balaban J connectivity index is 2.53. The van der Waals surface area contributed by atoms with Gasteiger partial charge < -0.3 is 10.6 Å². The minimum atomic E-state index is 0.0391. The minimum absolute atomic E-state index is 0.0391. The Morgan fingerprint density at radius 1 is 1.33 bits per heavy atom. The van der Waals surface area contributed by atoms with Gasteiger partial charge in [0.15, 0.2) is 0 Å². The van der Waals surface area contributed by atoms with Crippen LogP contribution < -0.4 is 5.73 Å². The van der Waals surface area contributed by atoms with Crippen LogP contribution in [-0.4, -0.2) is 30.3 Å². The van der Waals surface area contributed by atoms with Crippen LogP contribution >= 0.6 is 23.4 Å². The summed E-state index contributed by atoms with van der Waals surface area (Å²) < 4.78 is 0. The van der Waals surface area contributed by atoms with E-state index in [9.17, 15) is 0 Å². The van der Waals surface area contributed by atoms with Crippen molar-refractivity contribution >= 4 is 23.4 Å². The Morgan fingerprint density at radius 3 is 2.50 bits per heavy atom. The molecule has 0 radical (unpaired) electrons. The highest BCUT2D eigenvalue weighted by molar-refractivity contribution is 7.99. The molecule has 0 aliphatic heterocycles. The van der Waals surface area contributed by atoms with Gasteiger partial charge in [-0.2, -0.15) is 0 Å². The zero-order valence-electron chi connectivity index (χ0n) is 11.4. The van der Waals surface area contributed by atoms with Gasteiger partial charge >= 0.3 is 0 Å². The standard InChI is InChI=1S/C14H23ClN2S/c1-4-17(5-2)8-9-18-14-7-6-12(11(3)16)10-13(14)15/h6-7,10-11H,4-5,8-9,16H2,1-3H3/t11-/m1/s1. The summed E-state index contributed by atoms with van der Waals surface area (Å²) in [5.41, 5.74) is 6.93. The van der Waals surface area contributed by atoms with Crippen molar-refractivity contribution in [2.75, 3.05) is 25.4 Å². The number of nitrogens with zero attached hydrogens (tertiary/aromatic N) is 1. The monoisotopic (exact) mass is 286 g/mol. The lowest BCUT2D eigenvalue weighted by molar-refractivity contribution is 0.324. The number of hydrogen-bond donors (Lipinski definition) is 1. The van der Waals surface area contributed by atoms with Gasteiger partial charge in [-0.25, -0.2) is 0 Å². The summed E-state index contributed by atoms with van der Waals surface area (Å²) in [5.74, 6) is 1.07. The average Bonchev–Trinajstić information content (AvgIpc) is 2.36. The van der Waals surface area contributed by atoms with E-state index in [-0.39, 0.29) is 6.04 Å². The van der Waals surface area contributed by atoms with Crippen molar-refractivity contribution in [2.24, 2.45) is 5.73 Å². The number of nitrogens with two attached hydrogens (primary N) is 1. The Kier molecular flexibility index (Phi) is 7.08. The van der Waals surface area contributed by atoms with E-state index in [2.05, 4.69) is 30.9 Å². The Labute approximate surface area is 120 Å². The highest BCUT2D eigenvalue weighted by Crippen LogP contribution is 2.29. The average molecular weight is 287 g/mol. The predicted molar refractivity (Wildman–Crippen MR) is 82.6 cm³/mol. The molecule has 0 fully saturated rings. The molecule has 1 atom stereocenters. The summed E-state index contributed by atoms with van der Waals surface area (Å²) in [6, 6.07) is 6.16. The quantitative estimate of drug-likeness (QED) is 0.773. The molecule has 18 heavy (non-hydrogen) atoms. The van der Waals surface area contributed by atoms with E-state index >= 15 is 0 Å². The van der Waals surface area contributed by atoms with Crippen LogP contribution in [-0.2, 0) is 0 Å². The third-order valence-corrected chi connectivity index (χ3v) is 4.52. The lowest BCUT2D eigenvalue weighted by atomic mass is 10.1. The third kappa shape index (κ3) is 4.81. The molecule has 2 nitrogen and oxygen atoms in total. The topological polar surface area (TPSA) is 29.3 Å². The van der Waals surface area contributed by atoms with Crippen LogP contribution in [0.25, 0.3) is 0 Å². The summed E-state index contributed by atoms with van der Waals surface area (Å²) in [6.45, 7) is 9.67. The number of benzene rings is 1. The Bertz CT molecular complexity index is 365. The highest BCUT2D eigenvalue weighted by atomic mass is 35.5. The lowest BCUT2D eigenvalue weighted by Crippen LogP contribution is -2.25. The first-order valence-corrected chi connectivity index (χ1v) is 7.85. The SMILES string of the molecule is CCN(CC)CCSc1ccc([C@@H](C)N)cc1Cl. The van der Waals surface area contributed by atoms with Crippen molar-refractivity contribution in [3.05, 3.63) is 28.8 Å². The maximum Gasteiger partial charge on any atom is 0.0545 e. The normalized spacial score (nSPS) is 13.0. The predicted octanol–water partition coefficient (Wildman–Crippen LogP) is 3.79. The molecule has 1 aromatic rings. The van der Waals surface area contributed by atoms with Gasteiger partial charge in [0.1, 0.15) is 0 Å². The van der Waals surface area contributed by atoms with Crippen molar-refractivity contribution in [2.45, 2.75) is 31.7 Å². The molecule has 0 unspecified atom stereocenters. The zero-order valence-corrected chi connectivity index (χ0v) is 13.0. The number of halogens is 1. The van der Waals surface area contributed by atoms with Crippen LogP contribution in [0.5, 0.6) is 0 Å². The van der Waals surface area contributed by atoms with E-state index in [1.807, 2.05) is 24.8 Å². The van der Waals surface area contributed by atoms with Crippen LogP contribution in [0.3, 0.4) is 0 Å².